The molecular formula is C24H22FN5O. The number of nitrogens with zero attached hydrogens (tertiary/aromatic N) is 4. The highest BCUT2D eigenvalue weighted by molar-refractivity contribution is 5.54. The van der Waals surface area contributed by atoms with E-state index in [0.29, 0.717) is 18.9 Å². The summed E-state index contributed by atoms with van der Waals surface area (Å²) in [5, 5.41) is 4.57. The van der Waals surface area contributed by atoms with Crippen LogP contribution in [-0.4, -0.2) is 31.2 Å². The summed E-state index contributed by atoms with van der Waals surface area (Å²) >= 11 is 0. The summed E-state index contributed by atoms with van der Waals surface area (Å²) in [6.45, 7) is 4.02. The first-order valence-corrected chi connectivity index (χ1v) is 10.3. The fourth-order valence-corrected chi connectivity index (χ4v) is 3.97. The summed E-state index contributed by atoms with van der Waals surface area (Å²) in [6, 6.07) is 16.0. The number of nitrogens with one attached hydrogen (secondary N) is 1. The SMILES string of the molecule is Cc1nn(-c2ccc(F)cc2)cc1CN1CCc2nc(-c3ccccc3)[nH]c(=O)c2C1. The average Bonchev–Trinajstić information content (AvgIpc) is 3.15. The highest BCUT2D eigenvalue weighted by Crippen LogP contribution is 2.21. The van der Waals surface area contributed by atoms with Crippen LogP contribution in [0.4, 0.5) is 4.39 Å². The summed E-state index contributed by atoms with van der Waals surface area (Å²) in [6.07, 6.45) is 2.70. The van der Waals surface area contributed by atoms with E-state index >= 15 is 0 Å². The summed E-state index contributed by atoms with van der Waals surface area (Å²) in [5.74, 6) is 0.350. The Labute approximate surface area is 179 Å². The minimum Gasteiger partial charge on any atom is -0.306 e. The van der Waals surface area contributed by atoms with Crippen molar-refractivity contribution in [3.05, 3.63) is 99.5 Å². The van der Waals surface area contributed by atoms with E-state index in [1.807, 2.05) is 43.5 Å². The zero-order chi connectivity index (χ0) is 21.4. The fourth-order valence-electron chi connectivity index (χ4n) is 3.97. The lowest BCUT2D eigenvalue weighted by Gasteiger charge is -2.27. The van der Waals surface area contributed by atoms with Crippen LogP contribution in [0.15, 0.2) is 65.6 Å². The van der Waals surface area contributed by atoms with Gasteiger partial charge < -0.3 is 4.98 Å². The van der Waals surface area contributed by atoms with Crippen LogP contribution >= 0.6 is 0 Å². The normalized spacial score (nSPS) is 13.9. The van der Waals surface area contributed by atoms with E-state index < -0.39 is 0 Å². The molecule has 2 aromatic heterocycles. The smallest absolute Gasteiger partial charge is 0.255 e. The molecule has 0 atom stereocenters. The molecule has 1 aliphatic heterocycles. The molecule has 0 saturated carbocycles. The molecule has 1 aliphatic rings. The summed E-state index contributed by atoms with van der Waals surface area (Å²) in [4.78, 5) is 22.7. The van der Waals surface area contributed by atoms with Crippen molar-refractivity contribution in [2.75, 3.05) is 6.54 Å². The molecule has 2 aromatic carbocycles. The molecule has 0 aliphatic carbocycles. The molecule has 0 fully saturated rings. The van der Waals surface area contributed by atoms with Crippen LogP contribution in [0.5, 0.6) is 0 Å². The van der Waals surface area contributed by atoms with Crippen LogP contribution in [0.1, 0.15) is 22.5 Å². The molecule has 31 heavy (non-hydrogen) atoms. The maximum Gasteiger partial charge on any atom is 0.255 e. The third-order valence-corrected chi connectivity index (χ3v) is 5.68. The van der Waals surface area contributed by atoms with Gasteiger partial charge in [0.25, 0.3) is 5.56 Å². The van der Waals surface area contributed by atoms with Gasteiger partial charge in [0.2, 0.25) is 0 Å². The lowest BCUT2D eigenvalue weighted by molar-refractivity contribution is 0.241. The first kappa shape index (κ1) is 19.4. The van der Waals surface area contributed by atoms with E-state index in [-0.39, 0.29) is 11.4 Å². The van der Waals surface area contributed by atoms with Crippen LogP contribution in [0.3, 0.4) is 0 Å². The molecule has 0 amide bonds. The Bertz CT molecular complexity index is 1280. The van der Waals surface area contributed by atoms with E-state index in [1.54, 1.807) is 16.8 Å². The molecule has 6 nitrogen and oxygen atoms in total. The number of hydrogen-bond donors (Lipinski definition) is 1. The first-order chi connectivity index (χ1) is 15.1. The van der Waals surface area contributed by atoms with Crippen molar-refractivity contribution in [1.29, 1.82) is 0 Å². The van der Waals surface area contributed by atoms with Crippen molar-refractivity contribution >= 4 is 0 Å². The van der Waals surface area contributed by atoms with Crippen molar-refractivity contribution in [3.8, 4) is 17.1 Å². The maximum atomic E-state index is 13.2. The van der Waals surface area contributed by atoms with Gasteiger partial charge in [-0.2, -0.15) is 5.10 Å². The van der Waals surface area contributed by atoms with Gasteiger partial charge in [0.05, 0.1) is 22.6 Å². The Balaban J connectivity index is 1.36. The molecule has 5 rings (SSSR count). The zero-order valence-electron chi connectivity index (χ0n) is 17.2. The lowest BCUT2D eigenvalue weighted by Crippen LogP contribution is -2.35. The van der Waals surface area contributed by atoms with E-state index in [1.165, 1.54) is 12.1 Å². The lowest BCUT2D eigenvalue weighted by atomic mass is 10.1. The molecule has 0 unspecified atom stereocenters. The molecule has 1 N–H and O–H groups in total. The highest BCUT2D eigenvalue weighted by atomic mass is 19.1. The molecular weight excluding hydrogens is 393 g/mol. The standard InChI is InChI=1S/C24H22FN5O/c1-16-18(14-30(28-16)20-9-7-19(25)8-10-20)13-29-12-11-22-21(15-29)24(31)27-23(26-22)17-5-3-2-4-6-17/h2-10,14H,11-13,15H2,1H3,(H,26,27,31). The number of H-pyrrole nitrogens is 1. The van der Waals surface area contributed by atoms with Crippen LogP contribution in [0.25, 0.3) is 17.1 Å². The number of hydrogen-bond acceptors (Lipinski definition) is 4. The zero-order valence-corrected chi connectivity index (χ0v) is 17.2. The first-order valence-electron chi connectivity index (χ1n) is 10.3. The van der Waals surface area contributed by atoms with Gasteiger partial charge in [-0.15, -0.1) is 0 Å². The van der Waals surface area contributed by atoms with E-state index in [4.69, 9.17) is 4.98 Å². The molecule has 7 heteroatoms. The number of halogens is 1. The maximum absolute atomic E-state index is 13.2. The Morgan fingerprint density at radius 1 is 1.10 bits per heavy atom. The van der Waals surface area contributed by atoms with Crippen LogP contribution < -0.4 is 5.56 Å². The van der Waals surface area contributed by atoms with Crippen LogP contribution in [0.2, 0.25) is 0 Å². The van der Waals surface area contributed by atoms with Crippen molar-refractivity contribution in [2.45, 2.75) is 26.4 Å². The van der Waals surface area contributed by atoms with Crippen molar-refractivity contribution < 1.29 is 4.39 Å². The Morgan fingerprint density at radius 3 is 2.65 bits per heavy atom. The summed E-state index contributed by atoms with van der Waals surface area (Å²) < 4.78 is 15.0. The molecule has 0 spiro atoms. The largest absolute Gasteiger partial charge is 0.306 e. The van der Waals surface area contributed by atoms with E-state index in [2.05, 4.69) is 15.0 Å². The quantitative estimate of drug-likeness (QED) is 0.553. The second kappa shape index (κ2) is 7.92. The van der Waals surface area contributed by atoms with Crippen molar-refractivity contribution in [3.63, 3.8) is 0 Å². The van der Waals surface area contributed by atoms with Gasteiger partial charge in [-0.25, -0.2) is 14.1 Å². The average molecular weight is 415 g/mol. The second-order valence-electron chi connectivity index (χ2n) is 7.83. The molecule has 3 heterocycles. The van der Waals surface area contributed by atoms with Crippen LogP contribution in [-0.2, 0) is 19.5 Å². The predicted molar refractivity (Wildman–Crippen MR) is 116 cm³/mol. The molecule has 0 radical (unpaired) electrons. The monoisotopic (exact) mass is 415 g/mol. The molecule has 156 valence electrons. The Kier molecular flexibility index (Phi) is 4.95. The minimum atomic E-state index is -0.269. The summed E-state index contributed by atoms with van der Waals surface area (Å²) in [7, 11) is 0. The predicted octanol–water partition coefficient (Wildman–Crippen LogP) is 3.63. The number of fused-ring (bicyclic) bond motifs is 1. The van der Waals surface area contributed by atoms with Gasteiger partial charge >= 0.3 is 0 Å². The topological polar surface area (TPSA) is 66.8 Å². The Morgan fingerprint density at radius 2 is 1.87 bits per heavy atom. The molecule has 0 saturated heterocycles. The number of rotatable bonds is 4. The third-order valence-electron chi connectivity index (χ3n) is 5.68. The van der Waals surface area contributed by atoms with Gasteiger partial charge in [0.1, 0.15) is 11.6 Å². The minimum absolute atomic E-state index is 0.0766. The number of aromatic amines is 1. The van der Waals surface area contributed by atoms with Crippen LogP contribution in [0, 0.1) is 12.7 Å². The molecule has 4 aromatic rings. The number of benzene rings is 2. The van der Waals surface area contributed by atoms with Crippen molar-refractivity contribution in [2.24, 2.45) is 0 Å². The van der Waals surface area contributed by atoms with E-state index in [0.717, 1.165) is 46.7 Å². The Hall–Kier alpha value is -3.58. The van der Waals surface area contributed by atoms with Gasteiger partial charge in [0.15, 0.2) is 0 Å². The van der Waals surface area contributed by atoms with E-state index in [9.17, 15) is 9.18 Å². The van der Waals surface area contributed by atoms with Gasteiger partial charge in [-0.3, -0.25) is 9.69 Å². The highest BCUT2D eigenvalue weighted by Gasteiger charge is 2.22. The third kappa shape index (κ3) is 3.92. The second-order valence-corrected chi connectivity index (χ2v) is 7.83. The number of aryl methyl sites for hydroxylation is 1. The van der Waals surface area contributed by atoms with Gasteiger partial charge in [-0.1, -0.05) is 30.3 Å². The molecule has 0 bridgehead atoms. The van der Waals surface area contributed by atoms with Gasteiger partial charge in [0, 0.05) is 43.4 Å². The van der Waals surface area contributed by atoms with Gasteiger partial charge in [-0.05, 0) is 31.2 Å². The fraction of sp³-hybridized carbons (Fsp3) is 0.208. The number of aromatic nitrogens is 4. The summed E-state index contributed by atoms with van der Waals surface area (Å²) in [5.41, 5.74) is 5.25. The van der Waals surface area contributed by atoms with Crippen molar-refractivity contribution in [1.82, 2.24) is 24.6 Å².